The molecule has 0 aliphatic carbocycles. The number of amides is 3. The van der Waals surface area contributed by atoms with E-state index in [9.17, 15) is 33.6 Å². The van der Waals surface area contributed by atoms with Crippen molar-refractivity contribution >= 4 is 54.5 Å². The van der Waals surface area contributed by atoms with Gasteiger partial charge in [0, 0.05) is 18.7 Å². The second-order valence-corrected chi connectivity index (χ2v) is 8.12. The van der Waals surface area contributed by atoms with Gasteiger partial charge in [0.1, 0.15) is 6.04 Å². The molecule has 0 heterocycles. The Hall–Kier alpha value is -3.94. The summed E-state index contributed by atoms with van der Waals surface area (Å²) < 4.78 is 0. The highest BCUT2D eigenvalue weighted by Gasteiger charge is 2.32. The third-order valence-corrected chi connectivity index (χ3v) is 5.28. The van der Waals surface area contributed by atoms with Crippen LogP contribution in [0.4, 0.5) is 0 Å². The van der Waals surface area contributed by atoms with Crippen LogP contribution in [0.15, 0.2) is 24.3 Å². The highest BCUT2D eigenvalue weighted by Crippen LogP contribution is 2.14. The average Bonchev–Trinajstić information content (AvgIpc) is 2.80. The van der Waals surface area contributed by atoms with E-state index in [2.05, 4.69) is 28.6 Å². The number of ketones is 1. The van der Waals surface area contributed by atoms with Crippen LogP contribution in [0.3, 0.4) is 0 Å². The summed E-state index contributed by atoms with van der Waals surface area (Å²) in [7, 11) is 0. The number of carbonyl (C=O) groups is 7. The van der Waals surface area contributed by atoms with Crippen molar-refractivity contribution in [3.05, 3.63) is 35.4 Å². The fraction of sp³-hybridized carbons (Fsp3) is 0.409. The molecule has 6 N–H and O–H groups in total. The molecule has 1 rings (SSSR count). The van der Waals surface area contributed by atoms with Gasteiger partial charge < -0.3 is 31.3 Å². The number of carboxylic acids is 3. The van der Waals surface area contributed by atoms with E-state index in [0.717, 1.165) is 5.56 Å². The van der Waals surface area contributed by atoms with Gasteiger partial charge in [0.05, 0.1) is 31.2 Å². The SMILES string of the molecule is O=CNCc1ccc(CC(=O)N[C@@H](CC(=O)O)C(=O)C[C@@H](CC(=O)O)C(=O)N[C@@H](CS)C(=O)O)cc1. The second kappa shape index (κ2) is 15.1. The number of hydrogen-bond donors (Lipinski definition) is 7. The van der Waals surface area contributed by atoms with Crippen LogP contribution in [0.1, 0.15) is 30.4 Å². The van der Waals surface area contributed by atoms with Gasteiger partial charge in [-0.15, -0.1) is 0 Å². The maximum absolute atomic E-state index is 12.8. The molecule has 3 amide bonds. The molecule has 0 bridgehead atoms. The Morgan fingerprint density at radius 3 is 1.92 bits per heavy atom. The van der Waals surface area contributed by atoms with Crippen molar-refractivity contribution in [1.29, 1.82) is 0 Å². The molecule has 0 radical (unpaired) electrons. The van der Waals surface area contributed by atoms with Crippen LogP contribution in [0.5, 0.6) is 0 Å². The number of benzene rings is 1. The Balaban J connectivity index is 2.92. The first-order valence-corrected chi connectivity index (χ1v) is 11.2. The number of thiol groups is 1. The lowest BCUT2D eigenvalue weighted by Crippen LogP contribution is -2.47. The van der Waals surface area contributed by atoms with Gasteiger partial charge in [-0.3, -0.25) is 28.8 Å². The standard InChI is InChI=1S/C22H27N3O10S/c26-11-23-9-13-3-1-12(2-4-13)5-18(28)24-15(8-20(31)32)17(27)6-14(7-19(29)30)21(33)25-16(10-36)22(34)35/h1-4,11,14-16,36H,5-10H2,(H,23,26)(H,24,28)(H,25,33)(H,29,30)(H,31,32)(H,34,35)/t14-,15-,16-/m0/s1. The predicted octanol–water partition coefficient (Wildman–Crippen LogP) is -1.02. The zero-order chi connectivity index (χ0) is 27.3. The van der Waals surface area contributed by atoms with Gasteiger partial charge in [-0.25, -0.2) is 4.79 Å². The minimum absolute atomic E-state index is 0.202. The Bertz CT molecular complexity index is 983. The maximum Gasteiger partial charge on any atom is 0.327 e. The lowest BCUT2D eigenvalue weighted by molar-refractivity contribution is -0.145. The van der Waals surface area contributed by atoms with Crippen molar-refractivity contribution < 1.29 is 48.9 Å². The first-order valence-electron chi connectivity index (χ1n) is 10.6. The smallest absolute Gasteiger partial charge is 0.327 e. The topological polar surface area (TPSA) is 216 Å². The van der Waals surface area contributed by atoms with Crippen molar-refractivity contribution in [3.63, 3.8) is 0 Å². The van der Waals surface area contributed by atoms with Crippen LogP contribution in [0, 0.1) is 5.92 Å². The van der Waals surface area contributed by atoms with Crippen molar-refractivity contribution in [3.8, 4) is 0 Å². The molecule has 0 aliphatic heterocycles. The Labute approximate surface area is 211 Å². The van der Waals surface area contributed by atoms with E-state index in [-0.39, 0.29) is 18.7 Å². The van der Waals surface area contributed by atoms with Gasteiger partial charge in [-0.2, -0.15) is 12.6 Å². The Morgan fingerprint density at radius 2 is 1.42 bits per heavy atom. The van der Waals surface area contributed by atoms with Gasteiger partial charge in [0.25, 0.3) is 0 Å². The normalized spacial score (nSPS) is 12.9. The zero-order valence-corrected chi connectivity index (χ0v) is 19.9. The number of hydrogen-bond acceptors (Lipinski definition) is 8. The number of carboxylic acid groups (broad SMARTS) is 3. The van der Waals surface area contributed by atoms with Gasteiger partial charge in [-0.1, -0.05) is 24.3 Å². The highest BCUT2D eigenvalue weighted by atomic mass is 32.1. The molecule has 0 saturated heterocycles. The van der Waals surface area contributed by atoms with E-state index in [4.69, 9.17) is 15.3 Å². The first-order chi connectivity index (χ1) is 17.0. The minimum atomic E-state index is -1.55. The van der Waals surface area contributed by atoms with Crippen molar-refractivity contribution in [2.75, 3.05) is 5.75 Å². The van der Waals surface area contributed by atoms with E-state index in [0.29, 0.717) is 12.0 Å². The Kier molecular flexibility index (Phi) is 12.7. The van der Waals surface area contributed by atoms with Crippen molar-refractivity contribution in [2.24, 2.45) is 5.92 Å². The van der Waals surface area contributed by atoms with Crippen molar-refractivity contribution in [2.45, 2.75) is 44.3 Å². The number of carbonyl (C=O) groups excluding carboxylic acids is 4. The van der Waals surface area contributed by atoms with E-state index < -0.39 is 72.8 Å². The summed E-state index contributed by atoms with van der Waals surface area (Å²) in [6.07, 6.45) is -2.04. The van der Waals surface area contributed by atoms with Crippen molar-refractivity contribution in [1.82, 2.24) is 16.0 Å². The molecule has 196 valence electrons. The summed E-state index contributed by atoms with van der Waals surface area (Å²) in [5.41, 5.74) is 1.31. The summed E-state index contributed by atoms with van der Waals surface area (Å²) in [5, 5.41) is 34.2. The number of rotatable bonds is 17. The molecular formula is C22H27N3O10S. The molecule has 0 aromatic heterocycles. The van der Waals surface area contributed by atoms with Gasteiger partial charge in [0.2, 0.25) is 18.2 Å². The molecule has 0 spiro atoms. The molecule has 1 aromatic rings. The molecule has 0 saturated carbocycles. The summed E-state index contributed by atoms with van der Waals surface area (Å²) in [5.74, 6) is -8.68. The molecule has 36 heavy (non-hydrogen) atoms. The van der Waals surface area contributed by atoms with Crippen LogP contribution < -0.4 is 16.0 Å². The quantitative estimate of drug-likeness (QED) is 0.0970. The fourth-order valence-corrected chi connectivity index (χ4v) is 3.36. The lowest BCUT2D eigenvalue weighted by Gasteiger charge is -2.21. The number of aliphatic carboxylic acids is 3. The molecular weight excluding hydrogens is 498 g/mol. The second-order valence-electron chi connectivity index (χ2n) is 7.76. The highest BCUT2D eigenvalue weighted by molar-refractivity contribution is 7.80. The predicted molar refractivity (Wildman–Crippen MR) is 126 cm³/mol. The number of Topliss-reactive ketones (excluding diaryl/α,β-unsaturated/α-hetero) is 1. The summed E-state index contributed by atoms with van der Waals surface area (Å²) in [4.78, 5) is 81.6. The lowest BCUT2D eigenvalue weighted by atomic mass is 9.93. The molecule has 0 aliphatic rings. The van der Waals surface area contributed by atoms with E-state index in [1.165, 1.54) is 0 Å². The summed E-state index contributed by atoms with van der Waals surface area (Å²) in [6.45, 7) is 0.289. The fourth-order valence-electron chi connectivity index (χ4n) is 3.11. The third kappa shape index (κ3) is 11.0. The molecule has 14 heteroatoms. The van der Waals surface area contributed by atoms with E-state index in [1.807, 2.05) is 0 Å². The summed E-state index contributed by atoms with van der Waals surface area (Å²) >= 11 is 3.80. The maximum atomic E-state index is 12.8. The first kappa shape index (κ1) is 30.1. The molecule has 3 atom stereocenters. The van der Waals surface area contributed by atoms with E-state index in [1.54, 1.807) is 24.3 Å². The average molecular weight is 526 g/mol. The monoisotopic (exact) mass is 525 g/mol. The van der Waals surface area contributed by atoms with Crippen LogP contribution in [-0.2, 0) is 46.5 Å². The molecule has 0 unspecified atom stereocenters. The van der Waals surface area contributed by atoms with Crippen LogP contribution in [-0.4, -0.2) is 75.1 Å². The molecule has 0 fully saturated rings. The molecule has 13 nitrogen and oxygen atoms in total. The van der Waals surface area contributed by atoms with E-state index >= 15 is 0 Å². The van der Waals surface area contributed by atoms with Gasteiger partial charge >= 0.3 is 17.9 Å². The third-order valence-electron chi connectivity index (χ3n) is 4.92. The Morgan fingerprint density at radius 1 is 0.833 bits per heavy atom. The largest absolute Gasteiger partial charge is 0.481 e. The van der Waals surface area contributed by atoms with Crippen LogP contribution >= 0.6 is 12.6 Å². The number of nitrogens with one attached hydrogen (secondary N) is 3. The van der Waals surface area contributed by atoms with Gasteiger partial charge in [0.15, 0.2) is 5.78 Å². The minimum Gasteiger partial charge on any atom is -0.481 e. The zero-order valence-electron chi connectivity index (χ0n) is 19.0. The molecule has 1 aromatic carbocycles. The van der Waals surface area contributed by atoms with Gasteiger partial charge in [-0.05, 0) is 11.1 Å². The van der Waals surface area contributed by atoms with Crippen LogP contribution in [0.25, 0.3) is 0 Å². The summed E-state index contributed by atoms with van der Waals surface area (Å²) in [6, 6.07) is 3.59. The van der Waals surface area contributed by atoms with Crippen LogP contribution in [0.2, 0.25) is 0 Å².